The van der Waals surface area contributed by atoms with Crippen LogP contribution in [0.1, 0.15) is 37.7 Å². The third-order valence-corrected chi connectivity index (χ3v) is 6.33. The van der Waals surface area contributed by atoms with Gasteiger partial charge in [0.25, 0.3) is 0 Å². The molecule has 3 heterocycles. The van der Waals surface area contributed by atoms with E-state index in [9.17, 15) is 0 Å². The number of halogens is 1. The Kier molecular flexibility index (Phi) is 3.72. The lowest BCUT2D eigenvalue weighted by Crippen LogP contribution is -2.52. The number of aromatic nitrogens is 2. The smallest absolute Gasteiger partial charge is 0.151 e. The van der Waals surface area contributed by atoms with Gasteiger partial charge in [-0.25, -0.2) is 0 Å². The van der Waals surface area contributed by atoms with Crippen LogP contribution in [0.4, 0.5) is 0 Å². The molecule has 3 aliphatic rings. The second-order valence-corrected chi connectivity index (χ2v) is 8.03. The second-order valence-electron chi connectivity index (χ2n) is 7.65. The van der Waals surface area contributed by atoms with Crippen molar-refractivity contribution in [3.8, 4) is 17.0 Å². The number of benzene rings is 1. The molecule has 1 saturated carbocycles. The lowest BCUT2D eigenvalue weighted by atomic mass is 9.83. The van der Waals surface area contributed by atoms with Gasteiger partial charge in [-0.3, -0.25) is 0 Å². The highest BCUT2D eigenvalue weighted by molar-refractivity contribution is 6.29. The Morgan fingerprint density at radius 1 is 1.08 bits per heavy atom. The normalized spacial score (nSPS) is 22.4. The quantitative estimate of drug-likeness (QED) is 0.812. The Morgan fingerprint density at radius 2 is 1.92 bits per heavy atom. The average Bonchev–Trinajstić information content (AvgIpc) is 2.93. The van der Waals surface area contributed by atoms with Crippen molar-refractivity contribution in [1.82, 2.24) is 15.1 Å². The molecule has 1 saturated heterocycles. The molecule has 2 aliphatic heterocycles. The molecule has 0 amide bonds. The molecule has 1 spiro atoms. The summed E-state index contributed by atoms with van der Waals surface area (Å²) >= 11 is 5.84. The molecule has 5 rings (SSSR count). The number of ether oxygens (including phenoxy) is 1. The lowest BCUT2D eigenvalue weighted by molar-refractivity contribution is -0.00746. The summed E-state index contributed by atoms with van der Waals surface area (Å²) in [5.41, 5.74) is 3.24. The van der Waals surface area contributed by atoms with E-state index in [-0.39, 0.29) is 5.60 Å². The van der Waals surface area contributed by atoms with Gasteiger partial charge in [0.2, 0.25) is 0 Å². The first kappa shape index (κ1) is 15.6. The van der Waals surface area contributed by atoms with Gasteiger partial charge in [0.05, 0.1) is 5.69 Å². The minimum absolute atomic E-state index is 0.00682. The predicted molar refractivity (Wildman–Crippen MR) is 98.0 cm³/mol. The zero-order chi connectivity index (χ0) is 16.9. The summed E-state index contributed by atoms with van der Waals surface area (Å²) in [6.45, 7) is 2.35. The van der Waals surface area contributed by atoms with Gasteiger partial charge in [-0.2, -0.15) is 0 Å². The molecule has 1 aromatic carbocycles. The molecule has 0 unspecified atom stereocenters. The maximum Gasteiger partial charge on any atom is 0.151 e. The van der Waals surface area contributed by atoms with Crippen molar-refractivity contribution < 1.29 is 4.74 Å². The summed E-state index contributed by atoms with van der Waals surface area (Å²) in [4.78, 5) is 2.68. The van der Waals surface area contributed by atoms with Gasteiger partial charge in [-0.1, -0.05) is 18.0 Å². The average molecular weight is 356 g/mol. The van der Waals surface area contributed by atoms with Crippen LogP contribution in [0.2, 0.25) is 5.15 Å². The van der Waals surface area contributed by atoms with Crippen molar-refractivity contribution in [3.63, 3.8) is 0 Å². The Bertz CT molecular complexity index is 780. The maximum atomic E-state index is 6.44. The Balaban J connectivity index is 1.33. The number of piperidine rings is 1. The Morgan fingerprint density at radius 3 is 2.60 bits per heavy atom. The van der Waals surface area contributed by atoms with Gasteiger partial charge in [-0.05, 0) is 48.7 Å². The second kappa shape index (κ2) is 5.96. The van der Waals surface area contributed by atoms with E-state index in [1.165, 1.54) is 37.9 Å². The number of likely N-dealkylation sites (tertiary alicyclic amines) is 1. The zero-order valence-corrected chi connectivity index (χ0v) is 15.0. The van der Waals surface area contributed by atoms with Gasteiger partial charge in [0, 0.05) is 44.0 Å². The number of fused-ring (bicyclic) bond motifs is 1. The molecule has 0 radical (unpaired) electrons. The molecule has 2 fully saturated rings. The fraction of sp³-hybridized carbons (Fsp3) is 0.500. The van der Waals surface area contributed by atoms with Gasteiger partial charge in [-0.15, -0.1) is 10.2 Å². The van der Waals surface area contributed by atoms with Crippen molar-refractivity contribution in [2.45, 2.75) is 50.2 Å². The van der Waals surface area contributed by atoms with Crippen molar-refractivity contribution in [2.24, 2.45) is 0 Å². The fourth-order valence-corrected chi connectivity index (χ4v) is 4.49. The zero-order valence-electron chi connectivity index (χ0n) is 14.2. The molecule has 1 aliphatic carbocycles. The summed E-state index contributed by atoms with van der Waals surface area (Å²) in [5, 5.41) is 8.56. The van der Waals surface area contributed by atoms with Gasteiger partial charge in [0.1, 0.15) is 11.4 Å². The van der Waals surface area contributed by atoms with Gasteiger partial charge < -0.3 is 9.64 Å². The largest absolute Gasteiger partial charge is 0.487 e. The first-order valence-corrected chi connectivity index (χ1v) is 9.64. The molecule has 130 valence electrons. The molecule has 0 N–H and O–H groups in total. The van der Waals surface area contributed by atoms with Crippen LogP contribution < -0.4 is 4.74 Å². The molecule has 0 bridgehead atoms. The summed E-state index contributed by atoms with van der Waals surface area (Å²) in [6, 6.07) is 10.9. The summed E-state index contributed by atoms with van der Waals surface area (Å²) in [6.07, 6.45) is 7.46. The third kappa shape index (κ3) is 2.81. The van der Waals surface area contributed by atoms with Crippen LogP contribution >= 0.6 is 11.6 Å². The van der Waals surface area contributed by atoms with Crippen molar-refractivity contribution in [2.75, 3.05) is 13.1 Å². The predicted octanol–water partition coefficient (Wildman–Crippen LogP) is 4.12. The van der Waals surface area contributed by atoms with Crippen LogP contribution in [0.5, 0.6) is 5.75 Å². The molecular weight excluding hydrogens is 334 g/mol. The molecular formula is C20H22ClN3O. The Hall–Kier alpha value is -1.65. The number of hydrogen-bond donors (Lipinski definition) is 0. The molecule has 5 heteroatoms. The van der Waals surface area contributed by atoms with Crippen LogP contribution in [0.15, 0.2) is 30.3 Å². The van der Waals surface area contributed by atoms with E-state index >= 15 is 0 Å². The van der Waals surface area contributed by atoms with E-state index in [1.54, 1.807) is 6.07 Å². The van der Waals surface area contributed by atoms with E-state index in [1.807, 2.05) is 6.07 Å². The molecule has 1 aromatic heterocycles. The van der Waals surface area contributed by atoms with E-state index < -0.39 is 0 Å². The highest BCUT2D eigenvalue weighted by atomic mass is 35.5. The number of nitrogens with zero attached hydrogens (tertiary/aromatic N) is 3. The third-order valence-electron chi connectivity index (χ3n) is 6.13. The first-order chi connectivity index (χ1) is 12.2. The number of rotatable bonds is 2. The highest BCUT2D eigenvalue weighted by Gasteiger charge is 2.43. The van der Waals surface area contributed by atoms with Crippen molar-refractivity contribution in [1.29, 1.82) is 0 Å². The SMILES string of the molecule is Clc1ccc(-c2ccc3c(c2)CC2(CCN(C4CCC4)CC2)O3)nn1. The summed E-state index contributed by atoms with van der Waals surface area (Å²) < 4.78 is 6.44. The first-order valence-electron chi connectivity index (χ1n) is 9.26. The standard InChI is InChI=1S/C20H22ClN3O/c21-19-7-5-17(22-23-19)14-4-6-18-15(12-14)13-20(25-18)8-10-24(11-9-20)16-2-1-3-16/h4-7,12,16H,1-3,8-11,13H2. The maximum absolute atomic E-state index is 6.44. The summed E-state index contributed by atoms with van der Waals surface area (Å²) in [7, 11) is 0. The highest BCUT2D eigenvalue weighted by Crippen LogP contribution is 2.43. The van der Waals surface area contributed by atoms with Crippen LogP contribution in [0, 0.1) is 0 Å². The van der Waals surface area contributed by atoms with E-state index in [4.69, 9.17) is 16.3 Å². The van der Waals surface area contributed by atoms with Crippen LogP contribution in [0.25, 0.3) is 11.3 Å². The summed E-state index contributed by atoms with van der Waals surface area (Å²) in [5.74, 6) is 1.04. The van der Waals surface area contributed by atoms with Gasteiger partial charge >= 0.3 is 0 Å². The fourth-order valence-electron chi connectivity index (χ4n) is 4.39. The number of hydrogen-bond acceptors (Lipinski definition) is 4. The molecule has 2 aromatic rings. The van der Waals surface area contributed by atoms with E-state index in [0.717, 1.165) is 42.3 Å². The molecule has 4 nitrogen and oxygen atoms in total. The van der Waals surface area contributed by atoms with Crippen LogP contribution in [-0.4, -0.2) is 39.8 Å². The van der Waals surface area contributed by atoms with E-state index in [2.05, 4.69) is 33.3 Å². The minimum Gasteiger partial charge on any atom is -0.487 e. The molecule has 0 atom stereocenters. The van der Waals surface area contributed by atoms with Crippen molar-refractivity contribution in [3.05, 3.63) is 41.0 Å². The Labute approximate surface area is 153 Å². The van der Waals surface area contributed by atoms with Crippen molar-refractivity contribution >= 4 is 11.6 Å². The van der Waals surface area contributed by atoms with Gasteiger partial charge in [0.15, 0.2) is 5.15 Å². The lowest BCUT2D eigenvalue weighted by Gasteiger charge is -2.45. The monoisotopic (exact) mass is 355 g/mol. The van der Waals surface area contributed by atoms with Crippen LogP contribution in [0.3, 0.4) is 0 Å². The topological polar surface area (TPSA) is 38.2 Å². The minimum atomic E-state index is 0.00682. The molecule has 25 heavy (non-hydrogen) atoms. The van der Waals surface area contributed by atoms with Crippen LogP contribution in [-0.2, 0) is 6.42 Å². The van der Waals surface area contributed by atoms with E-state index in [0.29, 0.717) is 5.15 Å².